The van der Waals surface area contributed by atoms with Crippen LogP contribution < -0.4 is 5.73 Å². The average Bonchev–Trinajstić information content (AvgIpc) is 2.29. The maximum absolute atomic E-state index is 12.9. The zero-order valence-electron chi connectivity index (χ0n) is 8.78. The normalized spacial score (nSPS) is 10.2. The van der Waals surface area contributed by atoms with E-state index in [0.717, 1.165) is 0 Å². The van der Waals surface area contributed by atoms with Crippen molar-refractivity contribution in [3.05, 3.63) is 58.9 Å². The van der Waals surface area contributed by atoms with Crippen molar-refractivity contribution in [1.82, 2.24) is 0 Å². The number of hydrogen-bond acceptors (Lipinski definition) is 1. The average molecular weight is 250 g/mol. The molecule has 0 unspecified atom stereocenters. The molecular weight excluding hydrogens is 241 g/mol. The highest BCUT2D eigenvalue weighted by atomic mass is 35.5. The van der Waals surface area contributed by atoms with Crippen molar-refractivity contribution in [2.45, 2.75) is 0 Å². The van der Waals surface area contributed by atoms with Gasteiger partial charge < -0.3 is 5.73 Å². The number of hydrogen-bond donors (Lipinski definition) is 1. The Morgan fingerprint density at radius 3 is 2.47 bits per heavy atom. The van der Waals surface area contributed by atoms with E-state index < -0.39 is 11.7 Å². The van der Waals surface area contributed by atoms with Crippen LogP contribution in [0.25, 0.3) is 11.1 Å². The van der Waals surface area contributed by atoms with E-state index in [9.17, 15) is 9.18 Å². The zero-order valence-corrected chi connectivity index (χ0v) is 9.54. The molecule has 0 saturated heterocycles. The molecule has 0 spiro atoms. The van der Waals surface area contributed by atoms with Gasteiger partial charge in [0.25, 0.3) is 0 Å². The molecule has 0 aliphatic carbocycles. The summed E-state index contributed by atoms with van der Waals surface area (Å²) < 4.78 is 12.9. The van der Waals surface area contributed by atoms with Crippen molar-refractivity contribution >= 4 is 17.5 Å². The number of nitrogens with two attached hydrogens (primary N) is 1. The van der Waals surface area contributed by atoms with Crippen LogP contribution in [-0.2, 0) is 0 Å². The second-order valence-corrected chi connectivity index (χ2v) is 3.94. The minimum absolute atomic E-state index is 0.249. The molecule has 0 heterocycles. The molecule has 2 aromatic rings. The lowest BCUT2D eigenvalue weighted by Crippen LogP contribution is -2.12. The summed E-state index contributed by atoms with van der Waals surface area (Å²) in [6.45, 7) is 0. The van der Waals surface area contributed by atoms with E-state index in [1.165, 1.54) is 18.2 Å². The molecule has 0 aliphatic rings. The van der Waals surface area contributed by atoms with Crippen LogP contribution in [0, 0.1) is 5.82 Å². The van der Waals surface area contributed by atoms with Gasteiger partial charge in [0.15, 0.2) is 0 Å². The molecule has 4 heteroatoms. The van der Waals surface area contributed by atoms with E-state index in [1.807, 2.05) is 0 Å². The second kappa shape index (κ2) is 4.55. The first-order valence-electron chi connectivity index (χ1n) is 4.94. The standard InChI is InChI=1S/C13H9ClFNO/c14-12-7-8(15)5-6-10(12)9-3-1-2-4-11(9)13(16)17/h1-7H,(H2,16,17). The van der Waals surface area contributed by atoms with Crippen LogP contribution in [0.4, 0.5) is 4.39 Å². The molecule has 0 fully saturated rings. The minimum atomic E-state index is -0.541. The van der Waals surface area contributed by atoms with E-state index in [2.05, 4.69) is 0 Å². The second-order valence-electron chi connectivity index (χ2n) is 3.53. The topological polar surface area (TPSA) is 43.1 Å². The first-order valence-corrected chi connectivity index (χ1v) is 5.31. The van der Waals surface area contributed by atoms with Gasteiger partial charge in [-0.3, -0.25) is 4.79 Å². The van der Waals surface area contributed by atoms with E-state index in [0.29, 0.717) is 16.7 Å². The summed E-state index contributed by atoms with van der Waals surface area (Å²) in [4.78, 5) is 11.3. The summed E-state index contributed by atoms with van der Waals surface area (Å²) in [5.41, 5.74) is 6.83. The van der Waals surface area contributed by atoms with Gasteiger partial charge in [0, 0.05) is 11.1 Å². The molecule has 0 aromatic heterocycles. The van der Waals surface area contributed by atoms with Crippen LogP contribution in [0.5, 0.6) is 0 Å². The SMILES string of the molecule is NC(=O)c1ccccc1-c1ccc(F)cc1Cl. The van der Waals surface area contributed by atoms with Crippen LogP contribution in [0.1, 0.15) is 10.4 Å². The highest BCUT2D eigenvalue weighted by Crippen LogP contribution is 2.30. The summed E-state index contributed by atoms with van der Waals surface area (Å²) in [5, 5.41) is 0.249. The lowest BCUT2D eigenvalue weighted by molar-refractivity contribution is 0.100. The zero-order chi connectivity index (χ0) is 12.4. The number of primary amides is 1. The van der Waals surface area contributed by atoms with E-state index in [1.54, 1.807) is 24.3 Å². The Morgan fingerprint density at radius 2 is 1.82 bits per heavy atom. The quantitative estimate of drug-likeness (QED) is 0.872. The molecule has 2 rings (SSSR count). The van der Waals surface area contributed by atoms with Gasteiger partial charge in [0.2, 0.25) is 5.91 Å². The van der Waals surface area contributed by atoms with Gasteiger partial charge in [0.05, 0.1) is 5.02 Å². The van der Waals surface area contributed by atoms with Gasteiger partial charge in [0.1, 0.15) is 5.82 Å². The summed E-state index contributed by atoms with van der Waals surface area (Å²) in [7, 11) is 0. The van der Waals surface area contributed by atoms with E-state index in [-0.39, 0.29) is 5.02 Å². The smallest absolute Gasteiger partial charge is 0.249 e. The fourth-order valence-corrected chi connectivity index (χ4v) is 1.91. The third-order valence-corrected chi connectivity index (χ3v) is 2.73. The Hall–Kier alpha value is -1.87. The molecule has 0 radical (unpaired) electrons. The summed E-state index contributed by atoms with van der Waals surface area (Å²) in [5.74, 6) is -0.962. The number of benzene rings is 2. The number of carbonyl (C=O) groups excluding carboxylic acids is 1. The molecule has 86 valence electrons. The molecule has 1 amide bonds. The van der Waals surface area contributed by atoms with Crippen molar-refractivity contribution in [1.29, 1.82) is 0 Å². The van der Waals surface area contributed by atoms with Crippen molar-refractivity contribution in [3.8, 4) is 11.1 Å². The molecule has 2 aromatic carbocycles. The van der Waals surface area contributed by atoms with Crippen LogP contribution in [0.3, 0.4) is 0 Å². The molecule has 0 aliphatic heterocycles. The van der Waals surface area contributed by atoms with Gasteiger partial charge in [-0.1, -0.05) is 29.8 Å². The van der Waals surface area contributed by atoms with Crippen molar-refractivity contribution in [3.63, 3.8) is 0 Å². The summed E-state index contributed by atoms with van der Waals surface area (Å²) >= 11 is 5.95. The molecular formula is C13H9ClFNO. The lowest BCUT2D eigenvalue weighted by atomic mass is 9.99. The van der Waals surface area contributed by atoms with Crippen molar-refractivity contribution < 1.29 is 9.18 Å². The van der Waals surface area contributed by atoms with E-state index in [4.69, 9.17) is 17.3 Å². The lowest BCUT2D eigenvalue weighted by Gasteiger charge is -2.08. The molecule has 2 nitrogen and oxygen atoms in total. The van der Waals surface area contributed by atoms with Crippen LogP contribution >= 0.6 is 11.6 Å². The number of amides is 1. The van der Waals surface area contributed by atoms with Crippen LogP contribution in [0.15, 0.2) is 42.5 Å². The number of carbonyl (C=O) groups is 1. The third kappa shape index (κ3) is 2.29. The third-order valence-electron chi connectivity index (χ3n) is 2.41. The van der Waals surface area contributed by atoms with Gasteiger partial charge >= 0.3 is 0 Å². The first-order chi connectivity index (χ1) is 8.09. The monoisotopic (exact) mass is 249 g/mol. The van der Waals surface area contributed by atoms with Crippen LogP contribution in [-0.4, -0.2) is 5.91 Å². The fourth-order valence-electron chi connectivity index (χ4n) is 1.64. The Labute approximate surface area is 103 Å². The highest BCUT2D eigenvalue weighted by molar-refractivity contribution is 6.33. The van der Waals surface area contributed by atoms with E-state index >= 15 is 0 Å². The molecule has 17 heavy (non-hydrogen) atoms. The highest BCUT2D eigenvalue weighted by Gasteiger charge is 2.12. The van der Waals surface area contributed by atoms with Gasteiger partial charge in [-0.05, 0) is 29.8 Å². The Balaban J connectivity index is 2.64. The maximum Gasteiger partial charge on any atom is 0.249 e. The summed E-state index contributed by atoms with van der Waals surface area (Å²) in [6, 6.07) is 10.8. The largest absolute Gasteiger partial charge is 0.366 e. The summed E-state index contributed by atoms with van der Waals surface area (Å²) in [6.07, 6.45) is 0. The van der Waals surface area contributed by atoms with Gasteiger partial charge in [-0.25, -0.2) is 4.39 Å². The van der Waals surface area contributed by atoms with Gasteiger partial charge in [-0.15, -0.1) is 0 Å². The fraction of sp³-hybridized carbons (Fsp3) is 0. The maximum atomic E-state index is 12.9. The van der Waals surface area contributed by atoms with Crippen molar-refractivity contribution in [2.75, 3.05) is 0 Å². The molecule has 2 N–H and O–H groups in total. The minimum Gasteiger partial charge on any atom is -0.366 e. The Morgan fingerprint density at radius 1 is 1.12 bits per heavy atom. The molecule has 0 bridgehead atoms. The van der Waals surface area contributed by atoms with Crippen molar-refractivity contribution in [2.24, 2.45) is 5.73 Å². The Bertz CT molecular complexity index is 583. The predicted molar refractivity (Wildman–Crippen MR) is 65.4 cm³/mol. The number of rotatable bonds is 2. The number of halogens is 2. The Kier molecular flexibility index (Phi) is 3.11. The first kappa shape index (κ1) is 11.6. The van der Waals surface area contributed by atoms with Crippen LogP contribution in [0.2, 0.25) is 5.02 Å². The van der Waals surface area contributed by atoms with Gasteiger partial charge in [-0.2, -0.15) is 0 Å². The predicted octanol–water partition coefficient (Wildman–Crippen LogP) is 3.25. The molecule has 0 atom stereocenters. The molecule has 0 saturated carbocycles.